The zero-order chi connectivity index (χ0) is 19.1. The van der Waals surface area contributed by atoms with E-state index in [-0.39, 0.29) is 0 Å². The third kappa shape index (κ3) is 5.58. The molecule has 3 nitrogen and oxygen atoms in total. The highest BCUT2D eigenvalue weighted by molar-refractivity contribution is 5.88. The second kappa shape index (κ2) is 8.86. The topological polar surface area (TPSA) is 35.5 Å². The summed E-state index contributed by atoms with van der Waals surface area (Å²) >= 11 is 0. The first-order valence-corrected chi connectivity index (χ1v) is 8.84. The van der Waals surface area contributed by atoms with Gasteiger partial charge in [-0.1, -0.05) is 48.5 Å². The van der Waals surface area contributed by atoms with Crippen molar-refractivity contribution in [1.29, 1.82) is 0 Å². The maximum absolute atomic E-state index is 12.0. The van der Waals surface area contributed by atoms with Gasteiger partial charge in [-0.2, -0.15) is 0 Å². The summed E-state index contributed by atoms with van der Waals surface area (Å²) in [5.41, 5.74) is 4.28. The molecular formula is C24H22O3. The molecule has 136 valence electrons. The molecule has 0 aliphatic carbocycles. The molecule has 0 spiro atoms. The number of ether oxygens (including phenoxy) is 2. The van der Waals surface area contributed by atoms with Crippen molar-refractivity contribution in [2.45, 2.75) is 20.5 Å². The highest BCUT2D eigenvalue weighted by atomic mass is 16.5. The van der Waals surface area contributed by atoms with Gasteiger partial charge in [-0.15, -0.1) is 0 Å². The zero-order valence-corrected chi connectivity index (χ0v) is 15.5. The lowest BCUT2D eigenvalue weighted by atomic mass is 10.1. The Labute approximate surface area is 159 Å². The van der Waals surface area contributed by atoms with Crippen LogP contribution in [0.25, 0.3) is 6.08 Å². The summed E-state index contributed by atoms with van der Waals surface area (Å²) in [6, 6.07) is 23.2. The molecular weight excluding hydrogens is 336 g/mol. The number of hydrogen-bond acceptors (Lipinski definition) is 3. The molecule has 0 amide bonds. The number of benzene rings is 3. The van der Waals surface area contributed by atoms with Crippen LogP contribution in [-0.2, 0) is 11.4 Å². The molecule has 3 rings (SSSR count). The van der Waals surface area contributed by atoms with Crippen LogP contribution in [-0.4, -0.2) is 5.97 Å². The summed E-state index contributed by atoms with van der Waals surface area (Å²) in [4.78, 5) is 12.0. The first-order valence-electron chi connectivity index (χ1n) is 8.84. The molecule has 0 bridgehead atoms. The predicted octanol–water partition coefficient (Wildman–Crippen LogP) is 5.50. The molecule has 0 N–H and O–H groups in total. The molecule has 0 saturated heterocycles. The van der Waals surface area contributed by atoms with E-state index in [1.54, 1.807) is 12.1 Å². The molecule has 0 aromatic heterocycles. The quantitative estimate of drug-likeness (QED) is 0.331. The fourth-order valence-corrected chi connectivity index (χ4v) is 2.51. The van der Waals surface area contributed by atoms with Crippen molar-refractivity contribution < 1.29 is 14.3 Å². The average Bonchev–Trinajstić information content (AvgIpc) is 2.69. The Morgan fingerprint density at radius 1 is 0.852 bits per heavy atom. The molecule has 3 aromatic rings. The summed E-state index contributed by atoms with van der Waals surface area (Å²) in [5, 5.41) is 0. The van der Waals surface area contributed by atoms with Crippen LogP contribution in [0.15, 0.2) is 78.9 Å². The number of hydrogen-bond donors (Lipinski definition) is 0. The monoisotopic (exact) mass is 358 g/mol. The van der Waals surface area contributed by atoms with Crippen LogP contribution in [0.3, 0.4) is 0 Å². The zero-order valence-electron chi connectivity index (χ0n) is 15.5. The molecule has 0 unspecified atom stereocenters. The Balaban J connectivity index is 1.53. The molecule has 0 aliphatic heterocycles. The number of esters is 1. The molecule has 3 heteroatoms. The van der Waals surface area contributed by atoms with E-state index in [0.29, 0.717) is 12.4 Å². The number of carbonyl (C=O) groups excluding carboxylic acids is 1. The lowest BCUT2D eigenvalue weighted by Gasteiger charge is -2.06. The molecule has 0 heterocycles. The Bertz CT molecular complexity index is 926. The molecule has 0 aliphatic rings. The van der Waals surface area contributed by atoms with Gasteiger partial charge in [0.05, 0.1) is 0 Å². The number of carbonyl (C=O) groups is 1. The van der Waals surface area contributed by atoms with Gasteiger partial charge in [0, 0.05) is 6.08 Å². The normalized spacial score (nSPS) is 10.7. The number of aryl methyl sites for hydroxylation is 2. The third-order valence-electron chi connectivity index (χ3n) is 4.24. The van der Waals surface area contributed by atoms with E-state index in [0.717, 1.165) is 22.4 Å². The van der Waals surface area contributed by atoms with Gasteiger partial charge in [0.25, 0.3) is 0 Å². The van der Waals surface area contributed by atoms with Gasteiger partial charge < -0.3 is 9.47 Å². The van der Waals surface area contributed by atoms with Gasteiger partial charge >= 0.3 is 5.97 Å². The van der Waals surface area contributed by atoms with Crippen LogP contribution in [0.5, 0.6) is 11.5 Å². The lowest BCUT2D eigenvalue weighted by Crippen LogP contribution is -2.03. The number of rotatable bonds is 6. The first-order chi connectivity index (χ1) is 13.1. The van der Waals surface area contributed by atoms with Crippen molar-refractivity contribution in [3.8, 4) is 11.5 Å². The molecule has 3 aromatic carbocycles. The minimum absolute atomic E-state index is 0.400. The fraction of sp³-hybridized carbons (Fsp3) is 0.125. The van der Waals surface area contributed by atoms with Crippen molar-refractivity contribution in [2.75, 3.05) is 0 Å². The van der Waals surface area contributed by atoms with Gasteiger partial charge in [0.2, 0.25) is 0 Å². The second-order valence-electron chi connectivity index (χ2n) is 6.34. The molecule has 0 saturated carbocycles. The van der Waals surface area contributed by atoms with Gasteiger partial charge in [0.1, 0.15) is 18.1 Å². The van der Waals surface area contributed by atoms with Gasteiger partial charge in [-0.25, -0.2) is 4.79 Å². The summed E-state index contributed by atoms with van der Waals surface area (Å²) in [5.74, 6) is 0.939. The van der Waals surface area contributed by atoms with Gasteiger partial charge in [-0.05, 0) is 66.4 Å². The van der Waals surface area contributed by atoms with Crippen molar-refractivity contribution in [2.24, 2.45) is 0 Å². The van der Waals surface area contributed by atoms with Crippen molar-refractivity contribution in [1.82, 2.24) is 0 Å². The van der Waals surface area contributed by atoms with E-state index >= 15 is 0 Å². The smallest absolute Gasteiger partial charge is 0.336 e. The highest BCUT2D eigenvalue weighted by Gasteiger charge is 2.02. The Morgan fingerprint density at radius 3 is 2.26 bits per heavy atom. The first kappa shape index (κ1) is 18.5. The second-order valence-corrected chi connectivity index (χ2v) is 6.34. The average molecular weight is 358 g/mol. The van der Waals surface area contributed by atoms with E-state index in [9.17, 15) is 4.79 Å². The minimum Gasteiger partial charge on any atom is -0.489 e. The van der Waals surface area contributed by atoms with Gasteiger partial charge in [0.15, 0.2) is 0 Å². The van der Waals surface area contributed by atoms with Crippen molar-refractivity contribution >= 4 is 12.0 Å². The Kier molecular flexibility index (Phi) is 6.06. The molecule has 0 radical (unpaired) electrons. The molecule has 0 fully saturated rings. The van der Waals surface area contributed by atoms with Crippen molar-refractivity contribution in [3.63, 3.8) is 0 Å². The van der Waals surface area contributed by atoms with E-state index in [4.69, 9.17) is 9.47 Å². The van der Waals surface area contributed by atoms with Gasteiger partial charge in [-0.3, -0.25) is 0 Å². The van der Waals surface area contributed by atoms with Crippen LogP contribution in [0, 0.1) is 13.8 Å². The lowest BCUT2D eigenvalue weighted by molar-refractivity contribution is -0.128. The summed E-state index contributed by atoms with van der Waals surface area (Å²) < 4.78 is 11.1. The fourth-order valence-electron chi connectivity index (χ4n) is 2.51. The third-order valence-corrected chi connectivity index (χ3v) is 4.24. The van der Waals surface area contributed by atoms with E-state index < -0.39 is 5.97 Å². The van der Waals surface area contributed by atoms with E-state index in [1.165, 1.54) is 11.6 Å². The van der Waals surface area contributed by atoms with Crippen LogP contribution >= 0.6 is 0 Å². The Morgan fingerprint density at radius 2 is 1.56 bits per heavy atom. The van der Waals surface area contributed by atoms with E-state index in [2.05, 4.69) is 0 Å². The molecule has 0 atom stereocenters. The standard InChI is InChI=1S/C24H22O3/c1-18-8-12-23(16-19(18)2)27-24(25)15-11-20-9-13-22(14-10-20)26-17-21-6-4-3-5-7-21/h3-16H,17H2,1-2H3/b15-11+. The largest absolute Gasteiger partial charge is 0.489 e. The summed E-state index contributed by atoms with van der Waals surface area (Å²) in [6.07, 6.45) is 3.15. The maximum atomic E-state index is 12.0. The van der Waals surface area contributed by atoms with Crippen LogP contribution in [0.2, 0.25) is 0 Å². The van der Waals surface area contributed by atoms with E-state index in [1.807, 2.05) is 80.6 Å². The van der Waals surface area contributed by atoms with Crippen LogP contribution in [0.4, 0.5) is 0 Å². The summed E-state index contributed by atoms with van der Waals surface area (Å²) in [7, 11) is 0. The highest BCUT2D eigenvalue weighted by Crippen LogP contribution is 2.18. The summed E-state index contributed by atoms with van der Waals surface area (Å²) in [6.45, 7) is 4.54. The minimum atomic E-state index is -0.400. The maximum Gasteiger partial charge on any atom is 0.336 e. The predicted molar refractivity (Wildman–Crippen MR) is 108 cm³/mol. The Hall–Kier alpha value is -3.33. The van der Waals surface area contributed by atoms with Crippen molar-refractivity contribution in [3.05, 3.63) is 101 Å². The van der Waals surface area contributed by atoms with Crippen LogP contribution < -0.4 is 9.47 Å². The molecule has 27 heavy (non-hydrogen) atoms. The SMILES string of the molecule is Cc1ccc(OC(=O)/C=C/c2ccc(OCc3ccccc3)cc2)cc1C. The van der Waals surface area contributed by atoms with Crippen LogP contribution in [0.1, 0.15) is 22.3 Å².